The first kappa shape index (κ1) is 108. The first-order chi connectivity index (χ1) is 72.6. The van der Waals surface area contributed by atoms with Crippen LogP contribution in [-0.4, -0.2) is 57.4 Å². The van der Waals surface area contributed by atoms with Gasteiger partial charge >= 0.3 is 19.3 Å². The zero-order valence-corrected chi connectivity index (χ0v) is 91.5. The van der Waals surface area contributed by atoms with Crippen LogP contribution in [0.3, 0.4) is 0 Å². The zero-order chi connectivity index (χ0) is 103. The second-order valence-corrected chi connectivity index (χ2v) is 46.7. The molecule has 20 aromatic rings. The van der Waals surface area contributed by atoms with Crippen LogP contribution in [0.2, 0.25) is 0 Å². The molecule has 150 heavy (non-hydrogen) atoms. The third-order valence-electron chi connectivity index (χ3n) is 26.0. The van der Waals surface area contributed by atoms with Crippen molar-refractivity contribution in [1.82, 2.24) is 19.8 Å². The number of carbonyl (C=O) groups is 2. The second-order valence-electron chi connectivity index (χ2n) is 37.0. The molecule has 0 bridgehead atoms. The summed E-state index contributed by atoms with van der Waals surface area (Å²) in [4.78, 5) is 57.6. The summed E-state index contributed by atoms with van der Waals surface area (Å²) in [6.07, 6.45) is 2.67. The summed E-state index contributed by atoms with van der Waals surface area (Å²) in [5.41, 5.74) is 9.80. The number of aromatic nitrogens is 2. The third-order valence-corrected chi connectivity index (χ3v) is 36.4. The molecule has 0 unspecified atom stereocenters. The topological polar surface area (TPSA) is 152 Å². The van der Waals surface area contributed by atoms with Gasteiger partial charge in [0.05, 0.1) is 18.3 Å². The van der Waals surface area contributed by atoms with Crippen molar-refractivity contribution in [3.63, 3.8) is 0 Å². The van der Waals surface area contributed by atoms with Crippen LogP contribution >= 0.6 is 47.6 Å². The number of nitrogens with zero attached hydrogens (tertiary/aromatic N) is 2. The minimum absolute atomic E-state index is 0. The molecule has 23 rings (SSSR count). The van der Waals surface area contributed by atoms with Crippen molar-refractivity contribution in [2.24, 2.45) is 0 Å². The fraction of sp³-hybridized carbons (Fsp3) is 0.108. The molecule has 13 nitrogen and oxygen atoms in total. The van der Waals surface area contributed by atoms with Crippen molar-refractivity contribution < 1.29 is 53.5 Å². The van der Waals surface area contributed by atoms with Gasteiger partial charge in [-0.05, 0) is 247 Å². The van der Waals surface area contributed by atoms with E-state index in [4.69, 9.17) is 23.5 Å². The van der Waals surface area contributed by atoms with Crippen LogP contribution in [0.4, 0.5) is 9.59 Å². The van der Waals surface area contributed by atoms with Crippen molar-refractivity contribution in [2.45, 2.75) is 85.8 Å². The van der Waals surface area contributed by atoms with Gasteiger partial charge in [0, 0.05) is 85.2 Å². The van der Waals surface area contributed by atoms with E-state index >= 15 is 0 Å². The van der Waals surface area contributed by atoms with E-state index in [1.54, 1.807) is 53.6 Å². The first-order valence-electron chi connectivity index (χ1n) is 49.6. The maximum Gasteiger partial charge on any atom is 0.494 e. The van der Waals surface area contributed by atoms with Crippen LogP contribution < -0.4 is 94.4 Å². The molecule has 2 N–H and O–H groups in total. The van der Waals surface area contributed by atoms with Crippen molar-refractivity contribution in [3.05, 3.63) is 562 Å². The van der Waals surface area contributed by atoms with E-state index in [1.807, 2.05) is 120 Å². The van der Waals surface area contributed by atoms with Gasteiger partial charge in [-0.2, -0.15) is 0 Å². The van der Waals surface area contributed by atoms with Crippen molar-refractivity contribution >= 4 is 158 Å². The number of hydrogen-bond acceptors (Lipinski definition) is 9. The molecule has 1 fully saturated rings. The Morgan fingerprint density at radius 1 is 0.300 bits per heavy atom. The standard InChI is InChI=1S/C26H22N2O4.C22H26BNO4.4C18H15P.C10H8BrNO.Pd/c1-16-3-10-22-23(11-16)24(13-27-25(22)29)17-4-7-20(8-5-17)32-26(30)28-14-18-6-9-21(31-2)12-19(18)15-28;1-15-6-7-16-13-24(14-17(16)12-15)20(25)26-19-10-8-18(9-11-19)23-27-21(2,3)22(4,5)28-23;4*1-4-10-16(11-5-1)19(17-12-6-2-7-13-17)18-14-8-3-9-15-18;1-6-2-3-7-8(4-6)9(11)5-12-10(7)13;/h3-13H,14-15H2,1-2H3,(H,27,29);6-12H,13-14H2,1-5H3;4*1-15H;2-5H,1H3,(H,12,13);. The molecule has 5 heterocycles. The Bertz CT molecular complexity index is 7040. The molecule has 1 saturated heterocycles. The molecule has 0 spiro atoms. The van der Waals surface area contributed by atoms with Gasteiger partial charge in [0.15, 0.2) is 0 Å². The maximum absolute atomic E-state index is 12.7. The van der Waals surface area contributed by atoms with Crippen LogP contribution in [-0.2, 0) is 55.9 Å². The number of aryl methyl sites for hydroxylation is 3. The Morgan fingerprint density at radius 2 is 0.553 bits per heavy atom. The van der Waals surface area contributed by atoms with Gasteiger partial charge in [0.1, 0.15) is 17.2 Å². The molecular formula is C130H116BBrN4O9P4Pd. The molecule has 0 saturated carbocycles. The summed E-state index contributed by atoms with van der Waals surface area (Å²) in [7, 11) is -0.580. The van der Waals surface area contributed by atoms with Gasteiger partial charge in [0.2, 0.25) is 0 Å². The van der Waals surface area contributed by atoms with Crippen LogP contribution in [0.15, 0.2) is 512 Å². The Morgan fingerprint density at radius 3 is 0.867 bits per heavy atom. The van der Waals surface area contributed by atoms with E-state index < -0.39 is 44.9 Å². The predicted octanol–water partition coefficient (Wildman–Crippen LogP) is 25.2. The SMILES string of the molecule is COc1ccc2c(c1)CN(C(=O)Oc1ccc(-c3c[nH]c(=O)c4ccc(C)cc34)cc1)C2.Cc1ccc2c(=O)[nH]cc(Br)c2c1.Cc1ccc2c(c1)CN(C(=O)Oc1ccc(B3OC(C)(C)C(C)(C)O3)cc1)C2.[Pd].c1ccc(P(c2ccccc2)c2ccccc2)cc1.c1ccc(P(c2ccccc2)c2ccccc2)cc1.c1ccc(P(c2ccccc2)c2ccccc2)cc1.c1ccc(P(c2ccccc2)c2ccccc2)cc1. The van der Waals surface area contributed by atoms with E-state index in [9.17, 15) is 19.2 Å². The van der Waals surface area contributed by atoms with Gasteiger partial charge in [-0.1, -0.05) is 453 Å². The fourth-order valence-corrected chi connectivity index (χ4v) is 27.3. The number of aromatic amines is 2. The van der Waals surface area contributed by atoms with E-state index in [2.05, 4.69) is 415 Å². The molecule has 2 amide bonds. The van der Waals surface area contributed by atoms with Crippen LogP contribution in [0, 0.1) is 20.8 Å². The number of rotatable bonds is 17. The minimum Gasteiger partial charge on any atom is -0.497 e. The Hall–Kier alpha value is -14.4. The maximum atomic E-state index is 12.7. The van der Waals surface area contributed by atoms with E-state index in [-0.39, 0.29) is 48.8 Å². The Balaban J connectivity index is 0.000000126. The third kappa shape index (κ3) is 28.2. The summed E-state index contributed by atoms with van der Waals surface area (Å²) >= 11 is 3.40. The molecule has 3 aliphatic heterocycles. The Kier molecular flexibility index (Phi) is 38.0. The summed E-state index contributed by atoms with van der Waals surface area (Å²) in [6.45, 7) is 16.3. The average Bonchev–Trinajstić information content (AvgIpc) is 0.977. The van der Waals surface area contributed by atoms with Crippen molar-refractivity contribution in [3.8, 4) is 28.4 Å². The summed E-state index contributed by atoms with van der Waals surface area (Å²) in [5, 5.41) is 20.0. The number of methoxy groups -OCH3 is 1. The van der Waals surface area contributed by atoms with Gasteiger partial charge < -0.3 is 33.5 Å². The predicted molar refractivity (Wildman–Crippen MR) is 629 cm³/mol. The fourth-order valence-electron chi connectivity index (χ4n) is 17.6. The van der Waals surface area contributed by atoms with Crippen LogP contribution in [0.25, 0.3) is 32.7 Å². The molecule has 0 aliphatic carbocycles. The number of pyridine rings is 2. The first-order valence-corrected chi connectivity index (χ1v) is 55.7. The van der Waals surface area contributed by atoms with E-state index in [0.29, 0.717) is 43.1 Å². The largest absolute Gasteiger partial charge is 0.497 e. The smallest absolute Gasteiger partial charge is 0.494 e. The summed E-state index contributed by atoms with van der Waals surface area (Å²) in [5.74, 6) is 1.76. The summed E-state index contributed by atoms with van der Waals surface area (Å²) < 4.78 is 29.5. The number of halogens is 1. The minimum atomic E-state index is -0.446. The number of nitrogens with one attached hydrogen (secondary N) is 2. The monoisotopic (exact) mass is 2200 g/mol. The molecule has 18 aromatic carbocycles. The van der Waals surface area contributed by atoms with Crippen LogP contribution in [0.5, 0.6) is 17.2 Å². The molecular weight excluding hydrogens is 2080 g/mol. The molecule has 2 aromatic heterocycles. The zero-order valence-electron chi connectivity index (χ0n) is 84.8. The summed E-state index contributed by atoms with van der Waals surface area (Å²) in [6, 6.07) is 168. The molecule has 0 radical (unpaired) electrons. The second kappa shape index (κ2) is 52.6. The number of amides is 2. The normalized spacial score (nSPS) is 12.6. The number of benzene rings is 18. The number of fused-ring (bicyclic) bond motifs is 4. The number of H-pyrrole nitrogens is 2. The number of hydrogen-bond donors (Lipinski definition) is 2. The number of carbonyl (C=O) groups excluding carboxylic acids is 2. The van der Waals surface area contributed by atoms with Gasteiger partial charge in [-0.3, -0.25) is 19.4 Å². The van der Waals surface area contributed by atoms with Gasteiger partial charge in [-0.15, -0.1) is 0 Å². The quantitative estimate of drug-likeness (QED) is 0.0670. The van der Waals surface area contributed by atoms with E-state index in [1.165, 1.54) is 80.3 Å². The van der Waals surface area contributed by atoms with Crippen LogP contribution in [0.1, 0.15) is 66.6 Å². The number of ether oxygens (including phenoxy) is 3. The molecule has 20 heteroatoms. The van der Waals surface area contributed by atoms with Crippen molar-refractivity contribution in [2.75, 3.05) is 7.11 Å². The van der Waals surface area contributed by atoms with Gasteiger partial charge in [-0.25, -0.2) is 9.59 Å². The van der Waals surface area contributed by atoms with E-state index in [0.717, 1.165) is 65.2 Å². The van der Waals surface area contributed by atoms with Crippen molar-refractivity contribution in [1.29, 1.82) is 0 Å². The average molecular weight is 2200 g/mol. The molecule has 750 valence electrons. The molecule has 0 atom stereocenters. The molecule has 3 aliphatic rings. The Labute approximate surface area is 906 Å². The van der Waals surface area contributed by atoms with Gasteiger partial charge in [0.25, 0.3) is 11.1 Å².